The number of hydrogen-bond donors (Lipinski definition) is 1. The van der Waals surface area contributed by atoms with Gasteiger partial charge in [0.2, 0.25) is 0 Å². The standard InChI is InChI=1S/C20H29ClN6O.HI/c1-22-20(23-12-18(25(2)3)15-5-7-17(21)8-6-15)27-9-10-28-19(14-27)16-11-24-26(4)13-16;/h5-8,11,13,18-19H,9-10,12,14H2,1-4H3,(H,22,23);1H. The van der Waals surface area contributed by atoms with Crippen molar-refractivity contribution in [2.75, 3.05) is 47.4 Å². The van der Waals surface area contributed by atoms with Crippen LogP contribution in [0.25, 0.3) is 0 Å². The van der Waals surface area contributed by atoms with Gasteiger partial charge in [-0.05, 0) is 31.8 Å². The average molecular weight is 533 g/mol. The fraction of sp³-hybridized carbons (Fsp3) is 0.500. The van der Waals surface area contributed by atoms with Crippen molar-refractivity contribution in [1.82, 2.24) is 24.9 Å². The predicted octanol–water partition coefficient (Wildman–Crippen LogP) is 2.94. The third kappa shape index (κ3) is 6.31. The van der Waals surface area contributed by atoms with Gasteiger partial charge < -0.3 is 19.9 Å². The van der Waals surface area contributed by atoms with Crippen molar-refractivity contribution in [2.45, 2.75) is 12.1 Å². The van der Waals surface area contributed by atoms with Gasteiger partial charge in [-0.25, -0.2) is 0 Å². The van der Waals surface area contributed by atoms with Gasteiger partial charge in [0.05, 0.1) is 25.4 Å². The number of halogens is 2. The number of morpholine rings is 1. The highest BCUT2D eigenvalue weighted by Crippen LogP contribution is 2.23. The molecule has 1 aromatic carbocycles. The van der Waals surface area contributed by atoms with Gasteiger partial charge in [0, 0.05) is 44.0 Å². The largest absolute Gasteiger partial charge is 0.370 e. The van der Waals surface area contributed by atoms with E-state index >= 15 is 0 Å². The van der Waals surface area contributed by atoms with E-state index in [2.05, 4.69) is 51.4 Å². The van der Waals surface area contributed by atoms with Crippen molar-refractivity contribution in [3.8, 4) is 0 Å². The van der Waals surface area contributed by atoms with Crippen molar-refractivity contribution in [3.63, 3.8) is 0 Å². The normalized spacial score (nSPS) is 18.5. The first-order valence-electron chi connectivity index (χ1n) is 9.45. The van der Waals surface area contributed by atoms with Gasteiger partial charge in [-0.1, -0.05) is 23.7 Å². The zero-order valence-corrected chi connectivity index (χ0v) is 20.5. The summed E-state index contributed by atoms with van der Waals surface area (Å²) in [4.78, 5) is 8.94. The van der Waals surface area contributed by atoms with Gasteiger partial charge >= 0.3 is 0 Å². The van der Waals surface area contributed by atoms with Crippen LogP contribution in [-0.4, -0.2) is 72.9 Å². The highest BCUT2D eigenvalue weighted by Gasteiger charge is 2.25. The Morgan fingerprint density at radius 3 is 2.69 bits per heavy atom. The molecular formula is C20H30ClIN6O. The number of nitrogens with zero attached hydrogens (tertiary/aromatic N) is 5. The van der Waals surface area contributed by atoms with E-state index in [4.69, 9.17) is 16.3 Å². The zero-order chi connectivity index (χ0) is 20.1. The Kier molecular flexibility index (Phi) is 9.19. The van der Waals surface area contributed by atoms with E-state index in [9.17, 15) is 0 Å². The van der Waals surface area contributed by atoms with Crippen molar-refractivity contribution < 1.29 is 4.74 Å². The molecule has 1 saturated heterocycles. The van der Waals surface area contributed by atoms with E-state index in [0.717, 1.165) is 36.2 Å². The van der Waals surface area contributed by atoms with Crippen molar-refractivity contribution in [2.24, 2.45) is 12.0 Å². The molecule has 0 spiro atoms. The number of aryl methyl sites for hydroxylation is 1. The Morgan fingerprint density at radius 1 is 1.38 bits per heavy atom. The first-order valence-corrected chi connectivity index (χ1v) is 9.83. The fourth-order valence-corrected chi connectivity index (χ4v) is 3.58. The first-order chi connectivity index (χ1) is 13.5. The number of aliphatic imine (C=N–C) groups is 1. The molecule has 29 heavy (non-hydrogen) atoms. The van der Waals surface area contributed by atoms with E-state index < -0.39 is 0 Å². The summed E-state index contributed by atoms with van der Waals surface area (Å²) >= 11 is 6.04. The summed E-state index contributed by atoms with van der Waals surface area (Å²) < 4.78 is 7.75. The SMILES string of the molecule is CN=C(NCC(c1ccc(Cl)cc1)N(C)C)N1CCOC(c2cnn(C)c2)C1.I. The Hall–Kier alpha value is -1.36. The number of aromatic nitrogens is 2. The van der Waals surface area contributed by atoms with Crippen LogP contribution in [0.5, 0.6) is 0 Å². The summed E-state index contributed by atoms with van der Waals surface area (Å²) in [5.41, 5.74) is 2.31. The molecule has 3 rings (SSSR count). The quantitative estimate of drug-likeness (QED) is 0.365. The molecular weight excluding hydrogens is 503 g/mol. The Balaban J connectivity index is 0.00000300. The zero-order valence-electron chi connectivity index (χ0n) is 17.4. The molecule has 2 aromatic rings. The molecule has 2 heterocycles. The summed E-state index contributed by atoms with van der Waals surface area (Å²) in [6.07, 6.45) is 3.88. The van der Waals surface area contributed by atoms with Gasteiger partial charge in [-0.15, -0.1) is 24.0 Å². The van der Waals surface area contributed by atoms with Gasteiger partial charge in [0.15, 0.2) is 5.96 Å². The van der Waals surface area contributed by atoms with Crippen molar-refractivity contribution in [3.05, 3.63) is 52.8 Å². The highest BCUT2D eigenvalue weighted by molar-refractivity contribution is 14.0. The van der Waals surface area contributed by atoms with Crippen LogP contribution in [0, 0.1) is 0 Å². The maximum atomic E-state index is 6.04. The summed E-state index contributed by atoms with van der Waals surface area (Å²) in [6, 6.07) is 8.23. The number of ether oxygens (including phenoxy) is 1. The van der Waals surface area contributed by atoms with E-state index in [1.807, 2.05) is 38.6 Å². The number of hydrogen-bond acceptors (Lipinski definition) is 4. The molecule has 2 unspecified atom stereocenters. The minimum absolute atomic E-state index is 0. The molecule has 0 amide bonds. The Bertz CT molecular complexity index is 795. The lowest BCUT2D eigenvalue weighted by Crippen LogP contribution is -2.49. The third-order valence-electron chi connectivity index (χ3n) is 5.01. The molecule has 0 bridgehead atoms. The van der Waals surface area contributed by atoms with Crippen LogP contribution in [-0.2, 0) is 11.8 Å². The molecule has 1 aliphatic heterocycles. The van der Waals surface area contributed by atoms with E-state index in [0.29, 0.717) is 6.61 Å². The summed E-state index contributed by atoms with van der Waals surface area (Å²) in [5.74, 6) is 0.887. The van der Waals surface area contributed by atoms with Crippen molar-refractivity contribution in [1.29, 1.82) is 0 Å². The number of guanidine groups is 1. The number of likely N-dealkylation sites (N-methyl/N-ethyl adjacent to an activating group) is 1. The minimum atomic E-state index is 0. The molecule has 160 valence electrons. The topological polar surface area (TPSA) is 57.9 Å². The van der Waals surface area contributed by atoms with Gasteiger partial charge in [-0.2, -0.15) is 5.10 Å². The van der Waals surface area contributed by atoms with Crippen LogP contribution in [0.3, 0.4) is 0 Å². The molecule has 1 N–H and O–H groups in total. The number of benzene rings is 1. The predicted molar refractivity (Wildman–Crippen MR) is 128 cm³/mol. The summed E-state index contributed by atoms with van der Waals surface area (Å²) in [5, 5.41) is 8.54. The maximum absolute atomic E-state index is 6.04. The maximum Gasteiger partial charge on any atom is 0.193 e. The van der Waals surface area contributed by atoms with Gasteiger partial charge in [0.1, 0.15) is 6.10 Å². The lowest BCUT2D eigenvalue weighted by molar-refractivity contribution is -0.00811. The van der Waals surface area contributed by atoms with Crippen LogP contribution in [0.4, 0.5) is 0 Å². The third-order valence-corrected chi connectivity index (χ3v) is 5.26. The molecule has 1 aromatic heterocycles. The van der Waals surface area contributed by atoms with Gasteiger partial charge in [0.25, 0.3) is 0 Å². The monoisotopic (exact) mass is 532 g/mol. The van der Waals surface area contributed by atoms with E-state index in [-0.39, 0.29) is 36.1 Å². The second-order valence-corrected chi connectivity index (χ2v) is 7.65. The molecule has 2 atom stereocenters. The molecule has 1 fully saturated rings. The molecule has 0 radical (unpaired) electrons. The molecule has 9 heteroatoms. The second kappa shape index (κ2) is 11.1. The summed E-state index contributed by atoms with van der Waals surface area (Å²) in [6.45, 7) is 2.97. The number of nitrogens with one attached hydrogen (secondary N) is 1. The minimum Gasteiger partial charge on any atom is -0.370 e. The molecule has 0 saturated carbocycles. The van der Waals surface area contributed by atoms with E-state index in [1.165, 1.54) is 5.56 Å². The lowest BCUT2D eigenvalue weighted by atomic mass is 10.1. The average Bonchev–Trinajstić information content (AvgIpc) is 3.13. The summed E-state index contributed by atoms with van der Waals surface area (Å²) in [7, 11) is 7.90. The molecule has 0 aliphatic carbocycles. The van der Waals surface area contributed by atoms with Gasteiger partial charge in [-0.3, -0.25) is 9.67 Å². The fourth-order valence-electron chi connectivity index (χ4n) is 3.45. The lowest BCUT2D eigenvalue weighted by Gasteiger charge is -2.35. The van der Waals surface area contributed by atoms with Crippen LogP contribution >= 0.6 is 35.6 Å². The van der Waals surface area contributed by atoms with Crippen LogP contribution in [0.2, 0.25) is 5.02 Å². The Labute approximate surface area is 195 Å². The van der Waals surface area contributed by atoms with Crippen LogP contribution < -0.4 is 5.32 Å². The molecule has 7 nitrogen and oxygen atoms in total. The van der Waals surface area contributed by atoms with Crippen molar-refractivity contribution >= 4 is 41.5 Å². The van der Waals surface area contributed by atoms with Crippen LogP contribution in [0.15, 0.2) is 41.7 Å². The molecule has 1 aliphatic rings. The van der Waals surface area contributed by atoms with Crippen LogP contribution in [0.1, 0.15) is 23.3 Å². The Morgan fingerprint density at radius 2 is 2.10 bits per heavy atom. The second-order valence-electron chi connectivity index (χ2n) is 7.21. The first kappa shape index (κ1) is 23.9. The highest BCUT2D eigenvalue weighted by atomic mass is 127. The smallest absolute Gasteiger partial charge is 0.193 e. The number of rotatable bonds is 5. The van der Waals surface area contributed by atoms with E-state index in [1.54, 1.807) is 4.68 Å².